The van der Waals surface area contributed by atoms with Gasteiger partial charge in [-0.1, -0.05) is 0 Å². The Balaban J connectivity index is 0.00000192. The first-order valence-electron chi connectivity index (χ1n) is 9.71. The summed E-state index contributed by atoms with van der Waals surface area (Å²) in [4.78, 5) is 12.9. The van der Waals surface area contributed by atoms with Gasteiger partial charge >= 0.3 is 0 Å². The first-order chi connectivity index (χ1) is 13.1. The maximum Gasteiger partial charge on any atom is 0.272 e. The summed E-state index contributed by atoms with van der Waals surface area (Å²) in [6, 6.07) is 4.89. The Morgan fingerprint density at radius 3 is 2.61 bits per heavy atom. The molecule has 5 nitrogen and oxygen atoms in total. The maximum absolute atomic E-state index is 13.7. The Morgan fingerprint density at radius 1 is 1.14 bits per heavy atom. The van der Waals surface area contributed by atoms with Gasteiger partial charge in [0.25, 0.3) is 5.91 Å². The van der Waals surface area contributed by atoms with Gasteiger partial charge in [-0.2, -0.15) is 5.10 Å². The molecule has 0 saturated carbocycles. The summed E-state index contributed by atoms with van der Waals surface area (Å²) < 4.78 is 28.5. The highest BCUT2D eigenvalue weighted by Gasteiger charge is 2.35. The van der Waals surface area contributed by atoms with Crippen molar-refractivity contribution in [2.45, 2.75) is 63.1 Å². The van der Waals surface area contributed by atoms with Gasteiger partial charge in [0.15, 0.2) is 17.3 Å². The SMILES string of the molecule is Cl.O=C(NC1CC2CCC(C1)N2)c1nn(-c2ccc(F)c(F)c2)c2c1CCC2. The summed E-state index contributed by atoms with van der Waals surface area (Å²) >= 11 is 0. The maximum atomic E-state index is 13.7. The van der Waals surface area contributed by atoms with E-state index in [0.717, 1.165) is 55.5 Å². The average Bonchev–Trinajstić information content (AvgIpc) is 3.32. The van der Waals surface area contributed by atoms with E-state index in [4.69, 9.17) is 0 Å². The first kappa shape index (κ1) is 19.3. The van der Waals surface area contributed by atoms with Crippen LogP contribution in [0, 0.1) is 11.6 Å². The number of hydrogen-bond acceptors (Lipinski definition) is 3. The van der Waals surface area contributed by atoms with Gasteiger partial charge in [-0.15, -0.1) is 12.4 Å². The van der Waals surface area contributed by atoms with Crippen LogP contribution in [0.5, 0.6) is 0 Å². The van der Waals surface area contributed by atoms with Gasteiger partial charge in [0, 0.05) is 35.4 Å². The van der Waals surface area contributed by atoms with Crippen LogP contribution in [-0.4, -0.2) is 33.8 Å². The minimum absolute atomic E-state index is 0. The molecule has 0 radical (unpaired) electrons. The summed E-state index contributed by atoms with van der Waals surface area (Å²) in [5, 5.41) is 11.2. The molecule has 1 aromatic heterocycles. The number of piperidine rings is 1. The van der Waals surface area contributed by atoms with E-state index in [2.05, 4.69) is 15.7 Å². The zero-order valence-electron chi connectivity index (χ0n) is 15.4. The quantitative estimate of drug-likeness (QED) is 0.820. The number of carbonyl (C=O) groups excluding carboxylic acids is 1. The topological polar surface area (TPSA) is 59.0 Å². The predicted octanol–water partition coefficient (Wildman–Crippen LogP) is 3.07. The van der Waals surface area contributed by atoms with Crippen molar-refractivity contribution in [3.63, 3.8) is 0 Å². The van der Waals surface area contributed by atoms with E-state index in [1.54, 1.807) is 4.68 Å². The number of halogens is 3. The second-order valence-electron chi connectivity index (χ2n) is 7.92. The third kappa shape index (κ3) is 3.31. The van der Waals surface area contributed by atoms with Crippen LogP contribution >= 0.6 is 12.4 Å². The van der Waals surface area contributed by atoms with Crippen LogP contribution in [-0.2, 0) is 12.8 Å². The van der Waals surface area contributed by atoms with Crippen molar-refractivity contribution >= 4 is 18.3 Å². The number of benzene rings is 1. The fraction of sp³-hybridized carbons (Fsp3) is 0.500. The van der Waals surface area contributed by atoms with Crippen LogP contribution in [0.4, 0.5) is 8.78 Å². The number of carbonyl (C=O) groups is 1. The Kier molecular flexibility index (Phi) is 5.14. The van der Waals surface area contributed by atoms with Gasteiger partial charge in [-0.25, -0.2) is 13.5 Å². The lowest BCUT2D eigenvalue weighted by Gasteiger charge is -2.29. The van der Waals surface area contributed by atoms with E-state index in [-0.39, 0.29) is 24.4 Å². The second-order valence-corrected chi connectivity index (χ2v) is 7.92. The van der Waals surface area contributed by atoms with Gasteiger partial charge in [0.2, 0.25) is 0 Å². The van der Waals surface area contributed by atoms with Crippen LogP contribution in [0.3, 0.4) is 0 Å². The lowest BCUT2D eigenvalue weighted by molar-refractivity contribution is 0.0917. The highest BCUT2D eigenvalue weighted by molar-refractivity contribution is 5.94. The highest BCUT2D eigenvalue weighted by Crippen LogP contribution is 2.30. The third-order valence-corrected chi connectivity index (χ3v) is 6.10. The molecule has 8 heteroatoms. The molecule has 2 aromatic rings. The van der Waals surface area contributed by atoms with Crippen molar-refractivity contribution in [2.75, 3.05) is 0 Å². The Labute approximate surface area is 168 Å². The van der Waals surface area contributed by atoms with Gasteiger partial charge in [-0.05, 0) is 57.1 Å². The van der Waals surface area contributed by atoms with Crippen LogP contribution in [0.2, 0.25) is 0 Å². The minimum atomic E-state index is -0.911. The molecule has 1 aromatic carbocycles. The third-order valence-electron chi connectivity index (χ3n) is 6.10. The molecule has 150 valence electrons. The van der Waals surface area contributed by atoms with E-state index < -0.39 is 11.6 Å². The van der Waals surface area contributed by atoms with Crippen molar-refractivity contribution in [2.24, 2.45) is 0 Å². The van der Waals surface area contributed by atoms with E-state index in [0.29, 0.717) is 23.5 Å². The molecule has 0 spiro atoms. The van der Waals surface area contributed by atoms with E-state index >= 15 is 0 Å². The summed E-state index contributed by atoms with van der Waals surface area (Å²) in [7, 11) is 0. The summed E-state index contributed by atoms with van der Waals surface area (Å²) in [5.41, 5.74) is 2.75. The predicted molar refractivity (Wildman–Crippen MR) is 103 cm³/mol. The number of aromatic nitrogens is 2. The minimum Gasteiger partial charge on any atom is -0.348 e. The molecule has 1 amide bonds. The number of rotatable bonds is 3. The molecule has 2 bridgehead atoms. The average molecular weight is 409 g/mol. The smallest absolute Gasteiger partial charge is 0.272 e. The molecular weight excluding hydrogens is 386 g/mol. The number of nitrogens with zero attached hydrogens (tertiary/aromatic N) is 2. The van der Waals surface area contributed by atoms with E-state index in [1.807, 2.05) is 0 Å². The highest BCUT2D eigenvalue weighted by atomic mass is 35.5. The van der Waals surface area contributed by atoms with Gasteiger partial charge in [0.05, 0.1) is 5.69 Å². The van der Waals surface area contributed by atoms with Crippen molar-refractivity contribution in [3.8, 4) is 5.69 Å². The van der Waals surface area contributed by atoms with Crippen LogP contribution in [0.1, 0.15) is 53.8 Å². The molecule has 3 heterocycles. The molecular formula is C20H23ClF2N4O. The molecule has 1 aliphatic carbocycles. The first-order valence-corrected chi connectivity index (χ1v) is 9.71. The van der Waals surface area contributed by atoms with Crippen LogP contribution < -0.4 is 10.6 Å². The summed E-state index contributed by atoms with van der Waals surface area (Å²) in [6.45, 7) is 0. The fourth-order valence-corrected chi connectivity index (χ4v) is 4.88. The normalized spacial score (nSPS) is 25.3. The Bertz CT molecular complexity index is 904. The van der Waals surface area contributed by atoms with Crippen LogP contribution in [0.15, 0.2) is 18.2 Å². The van der Waals surface area contributed by atoms with Crippen molar-refractivity contribution in [1.82, 2.24) is 20.4 Å². The molecule has 2 atom stereocenters. The Hall–Kier alpha value is -1.99. The number of amides is 1. The van der Waals surface area contributed by atoms with E-state index in [1.165, 1.54) is 18.9 Å². The Morgan fingerprint density at radius 2 is 1.89 bits per heavy atom. The second kappa shape index (κ2) is 7.44. The van der Waals surface area contributed by atoms with Gasteiger partial charge in [-0.3, -0.25) is 4.79 Å². The van der Waals surface area contributed by atoms with Crippen molar-refractivity contribution < 1.29 is 13.6 Å². The lowest BCUT2D eigenvalue weighted by Crippen LogP contribution is -2.48. The van der Waals surface area contributed by atoms with Crippen molar-refractivity contribution in [3.05, 3.63) is 46.8 Å². The molecule has 2 saturated heterocycles. The molecule has 5 rings (SSSR count). The number of nitrogens with one attached hydrogen (secondary N) is 2. The van der Waals surface area contributed by atoms with Gasteiger partial charge in [0.1, 0.15) is 0 Å². The lowest BCUT2D eigenvalue weighted by atomic mass is 9.99. The standard InChI is InChI=1S/C20H22F2N4O.ClH/c21-16-7-6-14(10-17(16)22)26-18-3-1-2-15(18)19(25-26)20(27)24-13-8-11-4-5-12(9-13)23-11;/h6-7,10-13,23H,1-5,8-9H2,(H,24,27);1H. The number of hydrogen-bond donors (Lipinski definition) is 2. The van der Waals surface area contributed by atoms with Gasteiger partial charge < -0.3 is 10.6 Å². The van der Waals surface area contributed by atoms with Crippen LogP contribution in [0.25, 0.3) is 5.69 Å². The molecule has 3 aliphatic rings. The van der Waals surface area contributed by atoms with Crippen molar-refractivity contribution in [1.29, 1.82) is 0 Å². The molecule has 28 heavy (non-hydrogen) atoms. The molecule has 2 aliphatic heterocycles. The molecule has 2 N–H and O–H groups in total. The summed E-state index contributed by atoms with van der Waals surface area (Å²) in [5.74, 6) is -1.95. The molecule has 2 unspecified atom stereocenters. The number of fused-ring (bicyclic) bond motifs is 3. The molecule has 2 fully saturated rings. The fourth-order valence-electron chi connectivity index (χ4n) is 4.88. The largest absolute Gasteiger partial charge is 0.348 e. The van der Waals surface area contributed by atoms with E-state index in [9.17, 15) is 13.6 Å². The zero-order valence-corrected chi connectivity index (χ0v) is 16.2. The monoisotopic (exact) mass is 408 g/mol. The zero-order chi connectivity index (χ0) is 18.5. The summed E-state index contributed by atoms with van der Waals surface area (Å²) in [6.07, 6.45) is 6.77.